The normalized spacial score (nSPS) is 20.0. The first kappa shape index (κ1) is 25.2. The number of carbonyl (C=O) groups excluding carboxylic acids is 3. The number of likely N-dealkylation sites (N-methyl/N-ethyl adjacent to an activating group) is 1. The first-order valence-electron chi connectivity index (χ1n) is 12.2. The van der Waals surface area contributed by atoms with Crippen LogP contribution in [0, 0.1) is 19.8 Å². The number of aryl methyl sites for hydroxylation is 1. The Morgan fingerprint density at radius 1 is 1.06 bits per heavy atom. The van der Waals surface area contributed by atoms with Crippen LogP contribution in [0.25, 0.3) is 0 Å². The zero-order valence-electron chi connectivity index (χ0n) is 20.5. The van der Waals surface area contributed by atoms with Gasteiger partial charge in [0.25, 0.3) is 5.91 Å². The van der Waals surface area contributed by atoms with Crippen molar-refractivity contribution in [2.75, 3.05) is 65.5 Å². The van der Waals surface area contributed by atoms with E-state index >= 15 is 0 Å². The van der Waals surface area contributed by atoms with Crippen molar-refractivity contribution in [1.82, 2.24) is 25.0 Å². The molecule has 1 atom stereocenters. The molecule has 0 radical (unpaired) electrons. The summed E-state index contributed by atoms with van der Waals surface area (Å²) in [6, 6.07) is 0. The molecule has 1 aromatic rings. The number of piperazine rings is 1. The average Bonchev–Trinajstić information content (AvgIpc) is 3.12. The van der Waals surface area contributed by atoms with Crippen LogP contribution in [0.1, 0.15) is 58.8 Å². The predicted octanol–water partition coefficient (Wildman–Crippen LogP) is 1.41. The molecule has 9 nitrogen and oxygen atoms in total. The third kappa shape index (κ3) is 6.14. The van der Waals surface area contributed by atoms with Gasteiger partial charge in [-0.05, 0) is 45.7 Å². The van der Waals surface area contributed by atoms with Crippen LogP contribution in [-0.2, 0) is 9.53 Å². The molecule has 2 saturated heterocycles. The van der Waals surface area contributed by atoms with E-state index in [-0.39, 0.29) is 24.3 Å². The molecule has 0 aliphatic carbocycles. The van der Waals surface area contributed by atoms with Crippen molar-refractivity contribution in [3.8, 4) is 0 Å². The molecule has 9 heteroatoms. The van der Waals surface area contributed by atoms with E-state index in [0.29, 0.717) is 42.1 Å². The standard InChI is InChI=1S/C24H39N5O4/c1-5-27-12-14-28(15-13-27)11-9-25-22(30)19-8-7-10-29(16-19)23(31)21-17(3)20(18(4)26-21)24(32)33-6-2/h19,26H,5-16H2,1-4H3,(H,25,30)/t19-/m0/s1. The van der Waals surface area contributed by atoms with Crippen molar-refractivity contribution in [2.45, 2.75) is 40.5 Å². The number of ether oxygens (including phenoxy) is 1. The van der Waals surface area contributed by atoms with Crippen LogP contribution in [0.4, 0.5) is 0 Å². The number of H-pyrrole nitrogens is 1. The van der Waals surface area contributed by atoms with Gasteiger partial charge in [0.1, 0.15) is 5.69 Å². The van der Waals surface area contributed by atoms with Gasteiger partial charge < -0.3 is 24.8 Å². The van der Waals surface area contributed by atoms with Crippen molar-refractivity contribution < 1.29 is 19.1 Å². The largest absolute Gasteiger partial charge is 0.462 e. The minimum Gasteiger partial charge on any atom is -0.462 e. The van der Waals surface area contributed by atoms with Gasteiger partial charge in [-0.15, -0.1) is 0 Å². The molecule has 0 spiro atoms. The van der Waals surface area contributed by atoms with Crippen LogP contribution in [0.2, 0.25) is 0 Å². The summed E-state index contributed by atoms with van der Waals surface area (Å²) in [6.07, 6.45) is 1.56. The molecule has 0 aromatic carbocycles. The summed E-state index contributed by atoms with van der Waals surface area (Å²) in [6.45, 7) is 15.6. The van der Waals surface area contributed by atoms with Gasteiger partial charge in [0.05, 0.1) is 18.1 Å². The number of aromatic nitrogens is 1. The van der Waals surface area contributed by atoms with Gasteiger partial charge in [-0.3, -0.25) is 14.5 Å². The number of nitrogens with zero attached hydrogens (tertiary/aromatic N) is 3. The first-order valence-corrected chi connectivity index (χ1v) is 12.2. The molecule has 184 valence electrons. The number of nitrogens with one attached hydrogen (secondary N) is 2. The second-order valence-corrected chi connectivity index (χ2v) is 9.00. The Labute approximate surface area is 196 Å². The van der Waals surface area contributed by atoms with Crippen LogP contribution in [0.5, 0.6) is 0 Å². The molecule has 2 aliphatic heterocycles. The third-order valence-electron chi connectivity index (χ3n) is 6.85. The number of carbonyl (C=O) groups is 3. The Hall–Kier alpha value is -2.39. The van der Waals surface area contributed by atoms with Gasteiger partial charge in [0.2, 0.25) is 5.91 Å². The second kappa shape index (κ2) is 11.7. The lowest BCUT2D eigenvalue weighted by molar-refractivity contribution is -0.126. The molecule has 1 aromatic heterocycles. The van der Waals surface area contributed by atoms with E-state index in [1.807, 2.05) is 0 Å². The monoisotopic (exact) mass is 461 g/mol. The highest BCUT2D eigenvalue weighted by molar-refractivity contribution is 6.00. The lowest BCUT2D eigenvalue weighted by Gasteiger charge is -2.34. The Morgan fingerprint density at radius 3 is 2.42 bits per heavy atom. The zero-order valence-corrected chi connectivity index (χ0v) is 20.5. The predicted molar refractivity (Wildman–Crippen MR) is 126 cm³/mol. The zero-order chi connectivity index (χ0) is 24.0. The van der Waals surface area contributed by atoms with Crippen LogP contribution in [0.3, 0.4) is 0 Å². The molecule has 33 heavy (non-hydrogen) atoms. The topological polar surface area (TPSA) is 98.0 Å². The Kier molecular flexibility index (Phi) is 8.91. The smallest absolute Gasteiger partial charge is 0.340 e. The second-order valence-electron chi connectivity index (χ2n) is 9.00. The Morgan fingerprint density at radius 2 is 1.76 bits per heavy atom. The highest BCUT2D eigenvalue weighted by Crippen LogP contribution is 2.23. The molecular formula is C24H39N5O4. The third-order valence-corrected chi connectivity index (χ3v) is 6.85. The summed E-state index contributed by atoms with van der Waals surface area (Å²) in [4.78, 5) is 47.9. The number of amides is 2. The maximum absolute atomic E-state index is 13.2. The van der Waals surface area contributed by atoms with E-state index in [1.54, 1.807) is 25.7 Å². The highest BCUT2D eigenvalue weighted by Gasteiger charge is 2.31. The molecule has 2 N–H and O–H groups in total. The molecule has 2 amide bonds. The number of rotatable bonds is 8. The number of hydrogen-bond acceptors (Lipinski definition) is 6. The number of hydrogen-bond donors (Lipinski definition) is 2. The van der Waals surface area contributed by atoms with Crippen molar-refractivity contribution in [3.63, 3.8) is 0 Å². The molecule has 2 aliphatic rings. The quantitative estimate of drug-likeness (QED) is 0.568. The number of piperidine rings is 1. The summed E-state index contributed by atoms with van der Waals surface area (Å²) in [5.41, 5.74) is 2.06. The molecule has 3 rings (SSSR count). The SMILES string of the molecule is CCOC(=O)c1c(C)[nH]c(C(=O)N2CCC[C@H](C(=O)NCCN3CCN(CC)CC3)C2)c1C. The summed E-state index contributed by atoms with van der Waals surface area (Å²) < 4.78 is 5.13. The Balaban J connectivity index is 1.52. The summed E-state index contributed by atoms with van der Waals surface area (Å²) in [5, 5.41) is 3.08. The van der Waals surface area contributed by atoms with Crippen molar-refractivity contribution >= 4 is 17.8 Å². The number of aromatic amines is 1. The fraction of sp³-hybridized carbons (Fsp3) is 0.708. The van der Waals surface area contributed by atoms with Crippen molar-refractivity contribution in [2.24, 2.45) is 5.92 Å². The van der Waals surface area contributed by atoms with Crippen molar-refractivity contribution in [3.05, 3.63) is 22.5 Å². The van der Waals surface area contributed by atoms with Gasteiger partial charge in [-0.2, -0.15) is 0 Å². The fourth-order valence-corrected chi connectivity index (χ4v) is 4.82. The Bertz CT molecular complexity index is 844. The molecule has 3 heterocycles. The van der Waals surface area contributed by atoms with Crippen LogP contribution in [-0.4, -0.2) is 103 Å². The van der Waals surface area contributed by atoms with E-state index in [9.17, 15) is 14.4 Å². The minimum atomic E-state index is -0.421. The van der Waals surface area contributed by atoms with E-state index in [2.05, 4.69) is 27.0 Å². The fourth-order valence-electron chi connectivity index (χ4n) is 4.82. The lowest BCUT2D eigenvalue weighted by Crippen LogP contribution is -2.49. The summed E-state index contributed by atoms with van der Waals surface area (Å²) >= 11 is 0. The summed E-state index contributed by atoms with van der Waals surface area (Å²) in [5.74, 6) is -0.779. The van der Waals surface area contributed by atoms with E-state index in [1.165, 1.54) is 0 Å². The van der Waals surface area contributed by atoms with E-state index in [0.717, 1.165) is 52.1 Å². The lowest BCUT2D eigenvalue weighted by atomic mass is 9.96. The molecular weight excluding hydrogens is 422 g/mol. The molecule has 2 fully saturated rings. The van der Waals surface area contributed by atoms with Crippen LogP contribution in [0.15, 0.2) is 0 Å². The molecule has 0 saturated carbocycles. The maximum Gasteiger partial charge on any atom is 0.340 e. The van der Waals surface area contributed by atoms with E-state index < -0.39 is 5.97 Å². The summed E-state index contributed by atoms with van der Waals surface area (Å²) in [7, 11) is 0. The van der Waals surface area contributed by atoms with Gasteiger partial charge >= 0.3 is 5.97 Å². The first-order chi connectivity index (χ1) is 15.8. The van der Waals surface area contributed by atoms with Crippen LogP contribution < -0.4 is 5.32 Å². The average molecular weight is 462 g/mol. The molecule has 0 bridgehead atoms. The van der Waals surface area contributed by atoms with Crippen LogP contribution >= 0.6 is 0 Å². The number of esters is 1. The van der Waals surface area contributed by atoms with Gasteiger partial charge in [-0.1, -0.05) is 6.92 Å². The van der Waals surface area contributed by atoms with Gasteiger partial charge in [0, 0.05) is 58.1 Å². The number of likely N-dealkylation sites (tertiary alicyclic amines) is 1. The minimum absolute atomic E-state index is 0.0197. The molecule has 0 unspecified atom stereocenters. The van der Waals surface area contributed by atoms with Gasteiger partial charge in [0.15, 0.2) is 0 Å². The maximum atomic E-state index is 13.2. The highest BCUT2D eigenvalue weighted by atomic mass is 16.5. The van der Waals surface area contributed by atoms with E-state index in [4.69, 9.17) is 4.74 Å². The van der Waals surface area contributed by atoms with Crippen molar-refractivity contribution in [1.29, 1.82) is 0 Å². The van der Waals surface area contributed by atoms with Gasteiger partial charge in [-0.25, -0.2) is 4.79 Å².